The Kier molecular flexibility index (Phi) is 16.6. The number of carbonyl (C=O) groups is 4. The number of rotatable bonds is 19. The second-order valence-corrected chi connectivity index (χ2v) is 21.0. The molecule has 4 aromatic carbocycles. The van der Waals surface area contributed by atoms with Crippen LogP contribution in [0.15, 0.2) is 121 Å². The number of nitrogens with one attached hydrogen (secondary N) is 1. The van der Waals surface area contributed by atoms with Crippen LogP contribution in [0.2, 0.25) is 0 Å². The Hall–Kier alpha value is -5.94. The van der Waals surface area contributed by atoms with E-state index in [4.69, 9.17) is 33.3 Å². The summed E-state index contributed by atoms with van der Waals surface area (Å²) in [6.45, 7) is 4.14. The van der Waals surface area contributed by atoms with Crippen LogP contribution in [0.25, 0.3) is 6.08 Å². The maximum absolute atomic E-state index is 16.1. The van der Waals surface area contributed by atoms with Gasteiger partial charge in [0, 0.05) is 37.4 Å². The van der Waals surface area contributed by atoms with Crippen molar-refractivity contribution in [2.24, 2.45) is 5.41 Å². The van der Waals surface area contributed by atoms with Crippen molar-refractivity contribution in [3.63, 3.8) is 0 Å². The normalized spacial score (nSPS) is 29.5. The summed E-state index contributed by atoms with van der Waals surface area (Å²) in [5.41, 5.74) is 1.09. The molecule has 406 valence electrons. The van der Waals surface area contributed by atoms with E-state index in [2.05, 4.69) is 5.32 Å². The zero-order valence-corrected chi connectivity index (χ0v) is 42.8. The Balaban J connectivity index is 1.02. The predicted octanol–water partition coefficient (Wildman–Crippen LogP) is 2.67. The Bertz CT molecular complexity index is 2630. The molecule has 2 amide bonds. The highest BCUT2D eigenvalue weighted by Crippen LogP contribution is 2.60. The zero-order valence-electron chi connectivity index (χ0n) is 42.8. The molecule has 9 rings (SSSR count). The van der Waals surface area contributed by atoms with Crippen molar-refractivity contribution in [2.45, 2.75) is 138 Å². The SMILES string of the molecule is CN(C(=O)C12CC3OC(=O)C1N(Cc1ccc(C=CCOC4OC(CO)C(O)C(O)C4O)cc1)OC2C1OC(c2ccccc2)(c2ccccc2)OC31)C(Cc1ccccc1)C(=O)NC(CO)CCC(=O)OC(C)(C)C. The lowest BCUT2D eigenvalue weighted by molar-refractivity contribution is -0.298. The molecule has 4 aromatic rings. The zero-order chi connectivity index (χ0) is 53.9. The molecule has 1 aliphatic carbocycles. The Morgan fingerprint density at radius 1 is 0.842 bits per heavy atom. The number of esters is 2. The van der Waals surface area contributed by atoms with Crippen LogP contribution in [0.5, 0.6) is 0 Å². The molecule has 4 heterocycles. The van der Waals surface area contributed by atoms with Gasteiger partial charge in [0.05, 0.1) is 32.4 Å². The van der Waals surface area contributed by atoms with Crippen LogP contribution in [0.3, 0.4) is 0 Å². The summed E-state index contributed by atoms with van der Waals surface area (Å²) in [5.74, 6) is -3.88. The Morgan fingerprint density at radius 2 is 1.47 bits per heavy atom. The summed E-state index contributed by atoms with van der Waals surface area (Å²) in [7, 11) is 1.52. The van der Waals surface area contributed by atoms with Gasteiger partial charge in [-0.3, -0.25) is 24.0 Å². The van der Waals surface area contributed by atoms with E-state index in [9.17, 15) is 39.9 Å². The summed E-state index contributed by atoms with van der Waals surface area (Å²) in [4.78, 5) is 66.6. The van der Waals surface area contributed by atoms with Crippen molar-refractivity contribution in [1.82, 2.24) is 15.3 Å². The molecule has 6 N–H and O–H groups in total. The van der Waals surface area contributed by atoms with Crippen LogP contribution in [0.4, 0.5) is 0 Å². The second-order valence-electron chi connectivity index (χ2n) is 21.0. The smallest absolute Gasteiger partial charge is 0.327 e. The van der Waals surface area contributed by atoms with E-state index in [1.165, 1.54) is 17.0 Å². The van der Waals surface area contributed by atoms with Crippen molar-refractivity contribution in [2.75, 3.05) is 26.9 Å². The molecule has 0 spiro atoms. The van der Waals surface area contributed by atoms with Gasteiger partial charge < -0.3 is 64.2 Å². The van der Waals surface area contributed by atoms with Gasteiger partial charge in [-0.25, -0.2) is 0 Å². The third-order valence-corrected chi connectivity index (χ3v) is 14.7. The van der Waals surface area contributed by atoms with Crippen LogP contribution < -0.4 is 5.32 Å². The first-order valence-corrected chi connectivity index (χ1v) is 25.7. The standard InChI is InChI=1S/C57H67N3O16/c1-55(2,3)73-43(63)27-26-39(32-61)58-51(67)40(29-35-15-8-5-9-16-35)59(4)54(69)56-30-41-47-48(75-57(74-47,37-18-10-6-11-19-37)38-20-12-7-13-21-38)50(56)76-60(49(56)52(68)71-41)31-36-24-22-34(23-25-36)17-14-28-70-53-46(66)45(65)44(64)42(33-62)72-53/h5-25,39-42,44-50,53,61-62,64-66H,26-33H2,1-4H3,(H,58,67). The minimum atomic E-state index is -1.70. The number of hydrogen-bond donors (Lipinski definition) is 6. The van der Waals surface area contributed by atoms with Gasteiger partial charge in [0.25, 0.3) is 0 Å². The third kappa shape index (κ3) is 11.1. The largest absolute Gasteiger partial charge is 0.460 e. The number of ether oxygens (including phenoxy) is 6. The molecular formula is C57H67N3O16. The monoisotopic (exact) mass is 1050 g/mol. The lowest BCUT2D eigenvalue weighted by Crippen LogP contribution is -2.70. The molecule has 4 aliphatic heterocycles. The van der Waals surface area contributed by atoms with Gasteiger partial charge in [-0.05, 0) is 43.9 Å². The highest BCUT2D eigenvalue weighted by Gasteiger charge is 2.77. The molecule has 5 aliphatic rings. The summed E-state index contributed by atoms with van der Waals surface area (Å²) in [6, 6.07) is 31.9. The minimum absolute atomic E-state index is 0.00834. The highest BCUT2D eigenvalue weighted by molar-refractivity contribution is 5.96. The molecule has 2 bridgehead atoms. The van der Waals surface area contributed by atoms with E-state index in [0.717, 1.165) is 11.1 Å². The average molecular weight is 1050 g/mol. The fraction of sp³-hybridized carbons (Fsp3) is 0.474. The first-order valence-electron chi connectivity index (χ1n) is 25.7. The van der Waals surface area contributed by atoms with Crippen molar-refractivity contribution < 1.29 is 78.0 Å². The minimum Gasteiger partial charge on any atom is -0.460 e. The molecule has 19 heteroatoms. The molecule has 1 saturated carbocycles. The van der Waals surface area contributed by atoms with Gasteiger partial charge in [-0.15, -0.1) is 0 Å². The molecular weight excluding hydrogens is 983 g/mol. The molecule has 0 aromatic heterocycles. The summed E-state index contributed by atoms with van der Waals surface area (Å²) in [5, 5.41) is 55.0. The number of likely N-dealkylation sites (N-methyl/N-ethyl adjacent to an activating group) is 1. The third-order valence-electron chi connectivity index (χ3n) is 14.7. The summed E-state index contributed by atoms with van der Waals surface area (Å²) < 4.78 is 37.1. The van der Waals surface area contributed by atoms with Crippen LogP contribution >= 0.6 is 0 Å². The molecule has 19 nitrogen and oxygen atoms in total. The molecule has 13 atom stereocenters. The first kappa shape index (κ1) is 54.8. The van der Waals surface area contributed by atoms with Gasteiger partial charge in [0.1, 0.15) is 65.9 Å². The number of aliphatic hydroxyl groups is 5. The number of nitrogens with zero attached hydrogens (tertiary/aromatic N) is 2. The molecule has 13 unspecified atom stereocenters. The summed E-state index contributed by atoms with van der Waals surface area (Å²) >= 11 is 0. The molecule has 5 fully saturated rings. The van der Waals surface area contributed by atoms with Crippen LogP contribution in [-0.4, -0.2) is 165 Å². The number of fused-ring (bicyclic) bond motifs is 4. The quantitative estimate of drug-likeness (QED) is 0.0739. The number of benzene rings is 4. The number of hydrogen-bond acceptors (Lipinski definition) is 17. The fourth-order valence-electron chi connectivity index (χ4n) is 11.0. The number of carbonyl (C=O) groups excluding carboxylic acids is 4. The maximum Gasteiger partial charge on any atom is 0.327 e. The van der Waals surface area contributed by atoms with Gasteiger partial charge in [0.15, 0.2) is 12.3 Å². The topological polar surface area (TPSA) is 253 Å². The van der Waals surface area contributed by atoms with Crippen molar-refractivity contribution in [3.05, 3.63) is 149 Å². The van der Waals surface area contributed by atoms with E-state index in [1.807, 2.05) is 115 Å². The van der Waals surface area contributed by atoms with E-state index in [-0.39, 0.29) is 38.8 Å². The lowest BCUT2D eigenvalue weighted by atomic mass is 9.62. The van der Waals surface area contributed by atoms with Gasteiger partial charge >= 0.3 is 11.9 Å². The molecule has 76 heavy (non-hydrogen) atoms. The van der Waals surface area contributed by atoms with Crippen LogP contribution in [0.1, 0.15) is 67.9 Å². The Labute approximate surface area is 440 Å². The molecule has 0 radical (unpaired) electrons. The summed E-state index contributed by atoms with van der Waals surface area (Å²) in [6.07, 6.45) is -7.63. The van der Waals surface area contributed by atoms with E-state index >= 15 is 4.79 Å². The van der Waals surface area contributed by atoms with Crippen molar-refractivity contribution in [3.8, 4) is 0 Å². The molecule has 4 saturated heterocycles. The maximum atomic E-state index is 16.1. The van der Waals surface area contributed by atoms with Crippen molar-refractivity contribution >= 4 is 29.8 Å². The number of amides is 2. The number of hydroxylamine groups is 2. The van der Waals surface area contributed by atoms with Gasteiger partial charge in [0.2, 0.25) is 17.6 Å². The second kappa shape index (κ2) is 23.0. The van der Waals surface area contributed by atoms with Crippen molar-refractivity contribution in [1.29, 1.82) is 0 Å². The van der Waals surface area contributed by atoms with E-state index in [0.29, 0.717) is 16.7 Å². The highest BCUT2D eigenvalue weighted by atomic mass is 16.8. The average Bonchev–Trinajstić information content (AvgIpc) is 4.20. The Morgan fingerprint density at radius 3 is 2.09 bits per heavy atom. The van der Waals surface area contributed by atoms with Gasteiger partial charge in [-0.1, -0.05) is 127 Å². The van der Waals surface area contributed by atoms with Crippen LogP contribution in [0, 0.1) is 5.41 Å². The van der Waals surface area contributed by atoms with Crippen LogP contribution in [-0.2, 0) is 71.2 Å². The number of aliphatic hydroxyl groups excluding tert-OH is 5. The predicted molar refractivity (Wildman–Crippen MR) is 271 cm³/mol. The van der Waals surface area contributed by atoms with E-state index < -0.39 is 127 Å². The first-order chi connectivity index (χ1) is 36.5. The van der Waals surface area contributed by atoms with Gasteiger partial charge in [-0.2, -0.15) is 5.06 Å². The van der Waals surface area contributed by atoms with E-state index in [1.54, 1.807) is 32.9 Å². The lowest BCUT2D eigenvalue weighted by Gasteiger charge is -2.50. The fourth-order valence-corrected chi connectivity index (χ4v) is 11.0.